The lowest BCUT2D eigenvalue weighted by molar-refractivity contribution is -0.171. The summed E-state index contributed by atoms with van der Waals surface area (Å²) >= 11 is 0. The van der Waals surface area contributed by atoms with Crippen LogP contribution in [0.5, 0.6) is 0 Å². The number of hydrogen-bond donors (Lipinski definition) is 2. The summed E-state index contributed by atoms with van der Waals surface area (Å²) in [7, 11) is 1.84. The van der Waals surface area contributed by atoms with Crippen molar-refractivity contribution in [3.05, 3.63) is 29.8 Å². The molecule has 1 amide bonds. The van der Waals surface area contributed by atoms with Gasteiger partial charge in [-0.25, -0.2) is 0 Å². The van der Waals surface area contributed by atoms with Gasteiger partial charge in [0.1, 0.15) is 0 Å². The van der Waals surface area contributed by atoms with Gasteiger partial charge >= 0.3 is 0 Å². The molecule has 4 fully saturated rings. The summed E-state index contributed by atoms with van der Waals surface area (Å²) in [6.07, 6.45) is 7.14. The lowest BCUT2D eigenvalue weighted by Crippen LogP contribution is -2.72. The molecular formula is C22H30N4O2. The second-order valence-electron chi connectivity index (χ2n) is 8.69. The van der Waals surface area contributed by atoms with Crippen LogP contribution in [0.15, 0.2) is 29.3 Å². The third-order valence-corrected chi connectivity index (χ3v) is 7.33. The summed E-state index contributed by atoms with van der Waals surface area (Å²) in [6.45, 7) is 2.47. The van der Waals surface area contributed by atoms with Crippen molar-refractivity contribution in [3.63, 3.8) is 0 Å². The molecule has 2 aliphatic heterocycles. The molecule has 1 aromatic rings. The molecule has 3 unspecified atom stereocenters. The topological polar surface area (TPSA) is 66.0 Å². The number of carbonyl (C=O) groups is 1. The average Bonchev–Trinajstić information content (AvgIpc) is 3.28. The Bertz CT molecular complexity index is 771. The molecule has 2 saturated heterocycles. The van der Waals surface area contributed by atoms with Crippen LogP contribution in [0.4, 0.5) is 5.69 Å². The number of benzene rings is 1. The standard InChI is InChI=1S/C22H30N4O2/c1-23-21(25-19-17-9-13-28-20(17)22(19)10-3-11-22)24-14-15-5-7-16(8-6-15)26-12-2-4-18(26)27/h5-8,17,19-20H,2-4,9-14H2,1H3,(H2,23,24,25). The van der Waals surface area contributed by atoms with Gasteiger partial charge in [0.2, 0.25) is 5.91 Å². The zero-order valence-electron chi connectivity index (χ0n) is 16.6. The smallest absolute Gasteiger partial charge is 0.227 e. The normalized spacial score (nSPS) is 30.8. The molecule has 150 valence electrons. The molecule has 2 saturated carbocycles. The number of aliphatic imine (C=N–C) groups is 1. The molecule has 1 spiro atoms. The number of nitrogens with zero attached hydrogens (tertiary/aromatic N) is 2. The SMILES string of the molecule is CN=C(NCc1ccc(N2CCCC2=O)cc1)NC1C2CCOC2C12CCC2. The predicted octanol–water partition coefficient (Wildman–Crippen LogP) is 2.44. The maximum atomic E-state index is 11.9. The van der Waals surface area contributed by atoms with E-state index in [1.807, 2.05) is 24.1 Å². The highest BCUT2D eigenvalue weighted by Gasteiger charge is 2.66. The van der Waals surface area contributed by atoms with Crippen molar-refractivity contribution in [1.82, 2.24) is 10.6 Å². The summed E-state index contributed by atoms with van der Waals surface area (Å²) in [5, 5.41) is 7.17. The van der Waals surface area contributed by atoms with Gasteiger partial charge in [0.25, 0.3) is 0 Å². The third-order valence-electron chi connectivity index (χ3n) is 7.33. The zero-order chi connectivity index (χ0) is 19.1. The van der Waals surface area contributed by atoms with E-state index < -0.39 is 0 Å². The highest BCUT2D eigenvalue weighted by Crippen LogP contribution is 2.62. The molecule has 6 heteroatoms. The largest absolute Gasteiger partial charge is 0.377 e. The van der Waals surface area contributed by atoms with Crippen molar-refractivity contribution < 1.29 is 9.53 Å². The summed E-state index contributed by atoms with van der Waals surface area (Å²) in [6, 6.07) is 8.78. The fourth-order valence-corrected chi connectivity index (χ4v) is 5.70. The van der Waals surface area contributed by atoms with E-state index in [0.29, 0.717) is 29.9 Å². The number of hydrogen-bond acceptors (Lipinski definition) is 3. The van der Waals surface area contributed by atoms with Crippen LogP contribution in [0, 0.1) is 11.3 Å². The van der Waals surface area contributed by atoms with Crippen LogP contribution < -0.4 is 15.5 Å². The number of ether oxygens (including phenoxy) is 1. The van der Waals surface area contributed by atoms with Crippen LogP contribution in [0.2, 0.25) is 0 Å². The second kappa shape index (κ2) is 7.07. The Morgan fingerprint density at radius 1 is 1.29 bits per heavy atom. The van der Waals surface area contributed by atoms with E-state index in [1.165, 1.54) is 24.8 Å². The van der Waals surface area contributed by atoms with Crippen molar-refractivity contribution in [2.24, 2.45) is 16.3 Å². The van der Waals surface area contributed by atoms with Gasteiger partial charge < -0.3 is 20.3 Å². The highest BCUT2D eigenvalue weighted by molar-refractivity contribution is 5.95. The van der Waals surface area contributed by atoms with Gasteiger partial charge in [-0.2, -0.15) is 0 Å². The molecule has 0 aromatic heterocycles. The van der Waals surface area contributed by atoms with Crippen LogP contribution in [-0.2, 0) is 16.1 Å². The number of nitrogens with one attached hydrogen (secondary N) is 2. The van der Waals surface area contributed by atoms with E-state index >= 15 is 0 Å². The molecular weight excluding hydrogens is 352 g/mol. The number of guanidine groups is 1. The van der Waals surface area contributed by atoms with Crippen LogP contribution in [0.3, 0.4) is 0 Å². The number of anilines is 1. The Kier molecular flexibility index (Phi) is 4.54. The molecule has 3 atom stereocenters. The van der Waals surface area contributed by atoms with Crippen molar-refractivity contribution in [1.29, 1.82) is 0 Å². The lowest BCUT2D eigenvalue weighted by Gasteiger charge is -2.63. The zero-order valence-corrected chi connectivity index (χ0v) is 16.6. The molecule has 0 radical (unpaired) electrons. The Balaban J connectivity index is 1.18. The third kappa shape index (κ3) is 2.81. The molecule has 28 heavy (non-hydrogen) atoms. The quantitative estimate of drug-likeness (QED) is 0.620. The monoisotopic (exact) mass is 382 g/mol. The van der Waals surface area contributed by atoms with E-state index in [1.54, 1.807) is 0 Å². The lowest BCUT2D eigenvalue weighted by atomic mass is 9.46. The van der Waals surface area contributed by atoms with Crippen LogP contribution >= 0.6 is 0 Å². The fraction of sp³-hybridized carbons (Fsp3) is 0.636. The van der Waals surface area contributed by atoms with Crippen LogP contribution in [0.1, 0.15) is 44.1 Å². The Hall–Kier alpha value is -2.08. The maximum absolute atomic E-state index is 11.9. The van der Waals surface area contributed by atoms with E-state index in [2.05, 4.69) is 27.8 Å². The number of fused-ring (bicyclic) bond motifs is 2. The van der Waals surface area contributed by atoms with Crippen molar-refractivity contribution in [2.75, 3.05) is 25.1 Å². The fourth-order valence-electron chi connectivity index (χ4n) is 5.70. The van der Waals surface area contributed by atoms with Gasteiger partial charge in [-0.1, -0.05) is 18.6 Å². The molecule has 1 aromatic carbocycles. The Morgan fingerprint density at radius 3 is 2.75 bits per heavy atom. The van der Waals surface area contributed by atoms with Gasteiger partial charge in [-0.3, -0.25) is 9.79 Å². The van der Waals surface area contributed by atoms with E-state index in [9.17, 15) is 4.79 Å². The van der Waals surface area contributed by atoms with E-state index in [0.717, 1.165) is 44.2 Å². The number of rotatable bonds is 4. The van der Waals surface area contributed by atoms with Crippen molar-refractivity contribution >= 4 is 17.6 Å². The van der Waals surface area contributed by atoms with Crippen LogP contribution in [0.25, 0.3) is 0 Å². The molecule has 6 nitrogen and oxygen atoms in total. The van der Waals surface area contributed by atoms with Gasteiger partial charge in [-0.05, 0) is 43.4 Å². The summed E-state index contributed by atoms with van der Waals surface area (Å²) in [5.74, 6) is 1.74. The van der Waals surface area contributed by atoms with E-state index in [-0.39, 0.29) is 5.91 Å². The first kappa shape index (κ1) is 18.0. The Labute approximate surface area is 166 Å². The molecule has 0 bridgehead atoms. The van der Waals surface area contributed by atoms with Gasteiger partial charge in [0.15, 0.2) is 5.96 Å². The van der Waals surface area contributed by atoms with E-state index in [4.69, 9.17) is 4.74 Å². The molecule has 2 heterocycles. The summed E-state index contributed by atoms with van der Waals surface area (Å²) < 4.78 is 6.02. The first-order valence-corrected chi connectivity index (χ1v) is 10.7. The minimum atomic E-state index is 0.232. The van der Waals surface area contributed by atoms with Crippen LogP contribution in [-0.4, -0.2) is 44.2 Å². The summed E-state index contributed by atoms with van der Waals surface area (Å²) in [5.41, 5.74) is 2.54. The number of carbonyl (C=O) groups excluding carboxylic acids is 1. The average molecular weight is 383 g/mol. The molecule has 5 rings (SSSR count). The Morgan fingerprint density at radius 2 is 2.11 bits per heavy atom. The minimum absolute atomic E-state index is 0.232. The molecule has 2 N–H and O–H groups in total. The second-order valence-corrected chi connectivity index (χ2v) is 8.69. The van der Waals surface area contributed by atoms with Gasteiger partial charge in [0, 0.05) is 56.2 Å². The molecule has 4 aliphatic rings. The predicted molar refractivity (Wildman–Crippen MR) is 109 cm³/mol. The maximum Gasteiger partial charge on any atom is 0.227 e. The van der Waals surface area contributed by atoms with Gasteiger partial charge in [0.05, 0.1) is 6.10 Å². The van der Waals surface area contributed by atoms with Crippen molar-refractivity contribution in [3.8, 4) is 0 Å². The molecule has 2 aliphatic carbocycles. The summed E-state index contributed by atoms with van der Waals surface area (Å²) in [4.78, 5) is 18.2. The first-order chi connectivity index (χ1) is 13.7. The number of amides is 1. The highest BCUT2D eigenvalue weighted by atomic mass is 16.5. The minimum Gasteiger partial charge on any atom is -0.377 e. The van der Waals surface area contributed by atoms with Gasteiger partial charge in [-0.15, -0.1) is 0 Å². The van der Waals surface area contributed by atoms with Crippen molar-refractivity contribution in [2.45, 2.75) is 57.2 Å². The first-order valence-electron chi connectivity index (χ1n) is 10.7.